The quantitative estimate of drug-likeness (QED) is 0.526. The Hall–Kier alpha value is -2.11. The number of aromatic nitrogens is 1. The molecule has 6 nitrogen and oxygen atoms in total. The molecule has 0 spiro atoms. The van der Waals surface area contributed by atoms with E-state index in [4.69, 9.17) is 12.2 Å². The number of nitrogens with zero attached hydrogens (tertiary/aromatic N) is 4. The summed E-state index contributed by atoms with van der Waals surface area (Å²) in [6, 6.07) is 2.05. The molecule has 3 rings (SSSR count). The number of anilines is 1. The van der Waals surface area contributed by atoms with Crippen molar-refractivity contribution in [3.8, 4) is 6.07 Å². The maximum atomic E-state index is 12.9. The highest BCUT2D eigenvalue weighted by atomic mass is 32.2. The van der Waals surface area contributed by atoms with Gasteiger partial charge >= 0.3 is 0 Å². The molecule has 0 radical (unpaired) electrons. The van der Waals surface area contributed by atoms with Crippen LogP contribution in [0.3, 0.4) is 0 Å². The minimum Gasteiger partial charge on any atom is -0.357 e. The van der Waals surface area contributed by atoms with Crippen LogP contribution >= 0.6 is 24.0 Å². The third kappa shape index (κ3) is 4.12. The van der Waals surface area contributed by atoms with Gasteiger partial charge in [0, 0.05) is 32.2 Å². The topological polar surface area (TPSA) is 69.3 Å². The average Bonchev–Trinajstić information content (AvgIpc) is 2.98. The number of amides is 1. The lowest BCUT2D eigenvalue weighted by molar-refractivity contribution is -0.122. The largest absolute Gasteiger partial charge is 0.357 e. The normalized spacial score (nSPS) is 18.6. The molecule has 29 heavy (non-hydrogen) atoms. The van der Waals surface area contributed by atoms with Crippen LogP contribution in [-0.2, 0) is 11.8 Å². The van der Waals surface area contributed by atoms with E-state index in [9.17, 15) is 14.9 Å². The molecule has 0 saturated carbocycles. The van der Waals surface area contributed by atoms with Gasteiger partial charge in [0.25, 0.3) is 11.5 Å². The number of thioether (sulfide) groups is 1. The molecule has 154 valence electrons. The SMILES string of the molecule is CCCCN1C(=O)C(=Cc2c(C)c(C#N)c(=O)n(C)c2N2CCCCC2)SC1=S. The predicted molar refractivity (Wildman–Crippen MR) is 122 cm³/mol. The van der Waals surface area contributed by atoms with Gasteiger partial charge in [-0.3, -0.25) is 19.1 Å². The van der Waals surface area contributed by atoms with Crippen LogP contribution in [0.2, 0.25) is 0 Å². The maximum absolute atomic E-state index is 12.9. The van der Waals surface area contributed by atoms with E-state index in [1.54, 1.807) is 23.4 Å². The van der Waals surface area contributed by atoms with E-state index >= 15 is 0 Å². The molecule has 2 aliphatic heterocycles. The minimum absolute atomic E-state index is 0.0928. The van der Waals surface area contributed by atoms with E-state index in [-0.39, 0.29) is 17.0 Å². The number of hydrogen-bond acceptors (Lipinski definition) is 6. The van der Waals surface area contributed by atoms with Crippen LogP contribution in [0.1, 0.15) is 55.7 Å². The van der Waals surface area contributed by atoms with E-state index in [0.717, 1.165) is 50.2 Å². The summed E-state index contributed by atoms with van der Waals surface area (Å²) < 4.78 is 2.12. The van der Waals surface area contributed by atoms with Gasteiger partial charge in [-0.15, -0.1) is 0 Å². The summed E-state index contributed by atoms with van der Waals surface area (Å²) in [7, 11) is 1.70. The lowest BCUT2D eigenvalue weighted by atomic mass is 10.0. The second-order valence-corrected chi connectivity index (χ2v) is 9.12. The van der Waals surface area contributed by atoms with Crippen molar-refractivity contribution in [3.05, 3.63) is 31.9 Å². The molecule has 0 aromatic carbocycles. The number of carbonyl (C=O) groups is 1. The van der Waals surface area contributed by atoms with E-state index in [0.29, 0.717) is 21.3 Å². The first-order chi connectivity index (χ1) is 13.9. The Bertz CT molecular complexity index is 968. The van der Waals surface area contributed by atoms with Crippen LogP contribution in [0, 0.1) is 18.3 Å². The monoisotopic (exact) mass is 430 g/mol. The molecule has 0 atom stereocenters. The fraction of sp³-hybridized carbons (Fsp3) is 0.524. The van der Waals surface area contributed by atoms with Crippen molar-refractivity contribution in [1.82, 2.24) is 9.47 Å². The van der Waals surface area contributed by atoms with Gasteiger partial charge in [-0.25, -0.2) is 0 Å². The first-order valence-corrected chi connectivity index (χ1v) is 11.3. The third-order valence-corrected chi connectivity index (χ3v) is 6.89. The van der Waals surface area contributed by atoms with Crippen molar-refractivity contribution >= 4 is 46.1 Å². The maximum Gasteiger partial charge on any atom is 0.270 e. The summed E-state index contributed by atoms with van der Waals surface area (Å²) in [5.74, 6) is 0.690. The number of rotatable bonds is 5. The Morgan fingerprint density at radius 3 is 2.55 bits per heavy atom. The molecule has 1 amide bonds. The number of unbranched alkanes of at least 4 members (excludes halogenated alkanes) is 1. The van der Waals surface area contributed by atoms with Crippen molar-refractivity contribution in [3.63, 3.8) is 0 Å². The molecule has 0 bridgehead atoms. The fourth-order valence-corrected chi connectivity index (χ4v) is 5.13. The summed E-state index contributed by atoms with van der Waals surface area (Å²) in [5, 5.41) is 9.54. The molecule has 0 N–H and O–H groups in total. The highest BCUT2D eigenvalue weighted by molar-refractivity contribution is 8.26. The van der Waals surface area contributed by atoms with Gasteiger partial charge in [-0.1, -0.05) is 37.3 Å². The molecule has 2 saturated heterocycles. The average molecular weight is 431 g/mol. The van der Waals surface area contributed by atoms with E-state index in [1.807, 2.05) is 12.1 Å². The second kappa shape index (κ2) is 9.14. The van der Waals surface area contributed by atoms with Gasteiger partial charge in [0.05, 0.1) is 4.91 Å². The first-order valence-electron chi connectivity index (χ1n) is 10.0. The van der Waals surface area contributed by atoms with Crippen molar-refractivity contribution in [1.29, 1.82) is 5.26 Å². The Labute approximate surface area is 181 Å². The van der Waals surface area contributed by atoms with Gasteiger partial charge < -0.3 is 4.90 Å². The molecule has 1 aromatic rings. The number of pyridine rings is 1. The van der Waals surface area contributed by atoms with E-state index in [2.05, 4.69) is 11.8 Å². The van der Waals surface area contributed by atoms with Crippen LogP contribution in [0.5, 0.6) is 0 Å². The van der Waals surface area contributed by atoms with Crippen molar-refractivity contribution in [2.24, 2.45) is 7.05 Å². The molecule has 8 heteroatoms. The predicted octanol–water partition coefficient (Wildman–Crippen LogP) is 3.56. The number of hydrogen-bond donors (Lipinski definition) is 0. The molecule has 2 fully saturated rings. The zero-order chi connectivity index (χ0) is 21.1. The van der Waals surface area contributed by atoms with Crippen molar-refractivity contribution < 1.29 is 4.79 Å². The summed E-state index contributed by atoms with van der Waals surface area (Å²) in [5.41, 5.74) is 1.22. The Balaban J connectivity index is 2.13. The fourth-order valence-electron chi connectivity index (χ4n) is 3.84. The van der Waals surface area contributed by atoms with Crippen LogP contribution in [-0.4, -0.2) is 39.3 Å². The van der Waals surface area contributed by atoms with Crippen LogP contribution in [0.15, 0.2) is 9.70 Å². The molecular weight excluding hydrogens is 404 g/mol. The highest BCUT2D eigenvalue weighted by Gasteiger charge is 2.32. The number of nitriles is 1. The third-order valence-electron chi connectivity index (χ3n) is 5.51. The van der Waals surface area contributed by atoms with Gasteiger partial charge in [-0.2, -0.15) is 5.26 Å². The second-order valence-electron chi connectivity index (χ2n) is 7.45. The smallest absolute Gasteiger partial charge is 0.270 e. The van der Waals surface area contributed by atoms with Crippen molar-refractivity contribution in [2.45, 2.75) is 46.0 Å². The van der Waals surface area contributed by atoms with Gasteiger partial charge in [0.2, 0.25) is 0 Å². The van der Waals surface area contributed by atoms with Gasteiger partial charge in [0.1, 0.15) is 21.8 Å². The number of carbonyl (C=O) groups excluding carboxylic acids is 1. The van der Waals surface area contributed by atoms with Crippen LogP contribution in [0.25, 0.3) is 6.08 Å². The van der Waals surface area contributed by atoms with Gasteiger partial charge in [0.15, 0.2) is 0 Å². The van der Waals surface area contributed by atoms with E-state index < -0.39 is 0 Å². The zero-order valence-corrected chi connectivity index (χ0v) is 18.8. The number of thiocarbonyl (C=S) groups is 1. The molecule has 0 aliphatic carbocycles. The Morgan fingerprint density at radius 1 is 1.24 bits per heavy atom. The molecule has 1 aromatic heterocycles. The lowest BCUT2D eigenvalue weighted by Gasteiger charge is -2.32. The lowest BCUT2D eigenvalue weighted by Crippen LogP contribution is -2.36. The minimum atomic E-state index is -0.293. The molecule has 3 heterocycles. The van der Waals surface area contributed by atoms with Crippen molar-refractivity contribution in [2.75, 3.05) is 24.5 Å². The summed E-state index contributed by atoms with van der Waals surface area (Å²) in [6.45, 7) is 6.20. The Kier molecular flexibility index (Phi) is 6.81. The van der Waals surface area contributed by atoms with Gasteiger partial charge in [-0.05, 0) is 44.2 Å². The standard InChI is InChI=1S/C21H26N4O2S2/c1-4-5-11-25-20(27)17(29-21(25)28)12-15-14(2)16(13-22)19(26)23(3)18(15)24-9-7-6-8-10-24/h12H,4-11H2,1-3H3. The summed E-state index contributed by atoms with van der Waals surface area (Å²) in [6.07, 6.45) is 7.00. The molecule has 0 unspecified atom stereocenters. The number of piperidine rings is 1. The summed E-state index contributed by atoms with van der Waals surface area (Å²) in [4.78, 5) is 30.1. The first kappa shape index (κ1) is 21.6. The van der Waals surface area contributed by atoms with Crippen LogP contribution < -0.4 is 10.5 Å². The molecule has 2 aliphatic rings. The molecular formula is C21H26N4O2S2. The Morgan fingerprint density at radius 2 is 1.93 bits per heavy atom. The van der Waals surface area contributed by atoms with Crippen LogP contribution in [0.4, 0.5) is 5.82 Å². The highest BCUT2D eigenvalue weighted by Crippen LogP contribution is 2.36. The zero-order valence-electron chi connectivity index (χ0n) is 17.2. The summed E-state index contributed by atoms with van der Waals surface area (Å²) >= 11 is 6.71. The van der Waals surface area contributed by atoms with E-state index in [1.165, 1.54) is 18.2 Å².